The molecular formula is C17H17N9O2. The molecule has 0 saturated carbocycles. The fourth-order valence-corrected chi connectivity index (χ4v) is 2.71. The summed E-state index contributed by atoms with van der Waals surface area (Å²) in [5, 5.41) is 24.6. The first-order valence-corrected chi connectivity index (χ1v) is 8.34. The molecule has 4 aromatic rings. The van der Waals surface area contributed by atoms with Gasteiger partial charge in [-0.05, 0) is 13.0 Å². The number of nitrogens with zero attached hydrogens (tertiary/aromatic N) is 7. The van der Waals surface area contributed by atoms with Crippen molar-refractivity contribution >= 4 is 40.3 Å². The van der Waals surface area contributed by atoms with Crippen LogP contribution in [0.4, 0.5) is 23.3 Å². The Morgan fingerprint density at radius 1 is 1.14 bits per heavy atom. The average molecular weight is 379 g/mol. The molecule has 11 heteroatoms. The first-order valence-electron chi connectivity index (χ1n) is 8.34. The molecule has 0 unspecified atom stereocenters. The van der Waals surface area contributed by atoms with Crippen molar-refractivity contribution in [2.45, 2.75) is 6.92 Å². The van der Waals surface area contributed by atoms with E-state index in [0.29, 0.717) is 34.2 Å². The van der Waals surface area contributed by atoms with Gasteiger partial charge in [-0.3, -0.25) is 9.67 Å². The predicted octanol–water partition coefficient (Wildman–Crippen LogP) is 1.99. The maximum absolute atomic E-state index is 11.2. The molecule has 0 aliphatic carbocycles. The summed E-state index contributed by atoms with van der Waals surface area (Å²) in [6, 6.07) is 3.33. The third-order valence-corrected chi connectivity index (χ3v) is 4.23. The Hall–Kier alpha value is -4.02. The highest BCUT2D eigenvalue weighted by Gasteiger charge is 2.15. The van der Waals surface area contributed by atoms with E-state index in [0.717, 1.165) is 5.82 Å². The molecule has 4 heterocycles. The van der Waals surface area contributed by atoms with Crippen molar-refractivity contribution in [3.8, 4) is 0 Å². The molecule has 0 bridgehead atoms. The second-order valence-electron chi connectivity index (χ2n) is 6.16. The minimum absolute atomic E-state index is 0.0900. The van der Waals surface area contributed by atoms with Gasteiger partial charge in [0.2, 0.25) is 5.95 Å². The lowest BCUT2D eigenvalue weighted by Gasteiger charge is -2.08. The van der Waals surface area contributed by atoms with Crippen molar-refractivity contribution in [3.05, 3.63) is 42.0 Å². The fraction of sp³-hybridized carbons (Fsp3) is 0.176. The summed E-state index contributed by atoms with van der Waals surface area (Å²) in [6.45, 7) is 1.78. The molecule has 0 aliphatic rings. The van der Waals surface area contributed by atoms with E-state index in [2.05, 4.69) is 35.8 Å². The molecule has 0 aromatic carbocycles. The number of aromatic nitrogens is 7. The van der Waals surface area contributed by atoms with Crippen LogP contribution in [0.15, 0.2) is 30.7 Å². The number of anilines is 4. The summed E-state index contributed by atoms with van der Waals surface area (Å²) in [5.41, 5.74) is 1.91. The summed E-state index contributed by atoms with van der Waals surface area (Å²) >= 11 is 0. The quantitative estimate of drug-likeness (QED) is 0.475. The Kier molecular flexibility index (Phi) is 4.11. The Labute approximate surface area is 159 Å². The minimum atomic E-state index is -1.05. The fourth-order valence-electron chi connectivity index (χ4n) is 2.71. The summed E-state index contributed by atoms with van der Waals surface area (Å²) < 4.78 is 3.30. The zero-order valence-corrected chi connectivity index (χ0v) is 15.4. The van der Waals surface area contributed by atoms with Crippen LogP contribution in [0.3, 0.4) is 0 Å². The van der Waals surface area contributed by atoms with Gasteiger partial charge in [0.25, 0.3) is 0 Å². The second-order valence-corrected chi connectivity index (χ2v) is 6.16. The molecule has 11 nitrogen and oxygen atoms in total. The summed E-state index contributed by atoms with van der Waals surface area (Å²) in [5.74, 6) is 0.635. The van der Waals surface area contributed by atoms with Gasteiger partial charge >= 0.3 is 5.97 Å². The molecule has 0 fully saturated rings. The van der Waals surface area contributed by atoms with Gasteiger partial charge in [0.15, 0.2) is 11.5 Å². The van der Waals surface area contributed by atoms with E-state index in [4.69, 9.17) is 0 Å². The van der Waals surface area contributed by atoms with Crippen molar-refractivity contribution in [2.75, 3.05) is 10.6 Å². The SMILES string of the molecule is Cc1ncc(C(=O)O)cc1Nc1nn(C)c2nc(Nc3ccnn3C)ncc12. The van der Waals surface area contributed by atoms with Gasteiger partial charge < -0.3 is 15.7 Å². The van der Waals surface area contributed by atoms with Crippen molar-refractivity contribution < 1.29 is 9.90 Å². The van der Waals surface area contributed by atoms with E-state index in [1.807, 2.05) is 13.1 Å². The van der Waals surface area contributed by atoms with Crippen LogP contribution >= 0.6 is 0 Å². The van der Waals surface area contributed by atoms with Crippen LogP contribution in [-0.4, -0.2) is 45.6 Å². The Bertz CT molecular complexity index is 1190. The summed E-state index contributed by atoms with van der Waals surface area (Å²) in [6.07, 6.45) is 4.65. The molecule has 28 heavy (non-hydrogen) atoms. The number of hydrogen-bond donors (Lipinski definition) is 3. The van der Waals surface area contributed by atoms with Crippen LogP contribution in [-0.2, 0) is 14.1 Å². The molecule has 142 valence electrons. The van der Waals surface area contributed by atoms with Gasteiger partial charge in [-0.1, -0.05) is 0 Å². The molecular weight excluding hydrogens is 362 g/mol. The maximum Gasteiger partial charge on any atom is 0.337 e. The van der Waals surface area contributed by atoms with Crippen molar-refractivity contribution in [3.63, 3.8) is 0 Å². The third-order valence-electron chi connectivity index (χ3n) is 4.23. The second kappa shape index (κ2) is 6.61. The summed E-state index contributed by atoms with van der Waals surface area (Å²) in [7, 11) is 3.59. The molecule has 0 spiro atoms. The van der Waals surface area contributed by atoms with Crippen LogP contribution in [0.1, 0.15) is 16.1 Å². The topological polar surface area (TPSA) is 136 Å². The van der Waals surface area contributed by atoms with E-state index >= 15 is 0 Å². The van der Waals surface area contributed by atoms with E-state index < -0.39 is 5.97 Å². The number of carboxylic acid groups (broad SMARTS) is 1. The van der Waals surface area contributed by atoms with E-state index in [9.17, 15) is 9.90 Å². The van der Waals surface area contributed by atoms with Gasteiger partial charge in [-0.25, -0.2) is 14.5 Å². The van der Waals surface area contributed by atoms with E-state index in [1.165, 1.54) is 12.3 Å². The molecule has 0 saturated heterocycles. The number of aryl methyl sites for hydroxylation is 3. The van der Waals surface area contributed by atoms with Crippen molar-refractivity contribution in [1.82, 2.24) is 34.5 Å². The van der Waals surface area contributed by atoms with Gasteiger partial charge in [0.1, 0.15) is 5.82 Å². The predicted molar refractivity (Wildman–Crippen MR) is 102 cm³/mol. The zero-order chi connectivity index (χ0) is 19.8. The lowest BCUT2D eigenvalue weighted by molar-refractivity contribution is 0.0696. The van der Waals surface area contributed by atoms with Crippen LogP contribution in [0, 0.1) is 6.92 Å². The molecule has 4 aromatic heterocycles. The Morgan fingerprint density at radius 3 is 2.68 bits per heavy atom. The lowest BCUT2D eigenvalue weighted by atomic mass is 10.2. The van der Waals surface area contributed by atoms with Gasteiger partial charge in [-0.2, -0.15) is 15.2 Å². The molecule has 0 amide bonds. The molecule has 4 rings (SSSR count). The number of aromatic carboxylic acids is 1. The Morgan fingerprint density at radius 2 is 1.96 bits per heavy atom. The third kappa shape index (κ3) is 3.09. The highest BCUT2D eigenvalue weighted by atomic mass is 16.4. The molecule has 0 atom stereocenters. The Balaban J connectivity index is 1.69. The van der Waals surface area contributed by atoms with Crippen molar-refractivity contribution in [1.29, 1.82) is 0 Å². The smallest absolute Gasteiger partial charge is 0.337 e. The number of fused-ring (bicyclic) bond motifs is 1. The number of rotatable bonds is 5. The van der Waals surface area contributed by atoms with Crippen LogP contribution in [0.2, 0.25) is 0 Å². The van der Waals surface area contributed by atoms with E-state index in [-0.39, 0.29) is 5.56 Å². The monoisotopic (exact) mass is 379 g/mol. The summed E-state index contributed by atoms with van der Waals surface area (Å²) in [4.78, 5) is 24.2. The van der Waals surface area contributed by atoms with Gasteiger partial charge in [0.05, 0.1) is 28.5 Å². The van der Waals surface area contributed by atoms with Crippen LogP contribution in [0.25, 0.3) is 11.0 Å². The number of nitrogens with one attached hydrogen (secondary N) is 2. The van der Waals surface area contributed by atoms with Crippen molar-refractivity contribution in [2.24, 2.45) is 14.1 Å². The maximum atomic E-state index is 11.2. The standard InChI is InChI=1S/C17H17N9O2/c1-9-12(6-10(7-18-9)16(27)28)21-14-11-8-19-17(23-15(11)26(3)24-14)22-13-4-5-20-25(13)2/h4-8H,1-3H3,(H,21,24)(H,27,28)(H,19,22,23). The number of pyridine rings is 1. The average Bonchev–Trinajstić information content (AvgIpc) is 3.20. The molecule has 0 aliphatic heterocycles. The number of carbonyl (C=O) groups is 1. The van der Waals surface area contributed by atoms with E-state index in [1.54, 1.807) is 35.7 Å². The number of hydrogen-bond acceptors (Lipinski definition) is 8. The molecule has 3 N–H and O–H groups in total. The van der Waals surface area contributed by atoms with Gasteiger partial charge in [-0.15, -0.1) is 0 Å². The zero-order valence-electron chi connectivity index (χ0n) is 15.4. The van der Waals surface area contributed by atoms with Crippen LogP contribution < -0.4 is 10.6 Å². The minimum Gasteiger partial charge on any atom is -0.478 e. The first-order chi connectivity index (χ1) is 13.4. The number of carboxylic acids is 1. The van der Waals surface area contributed by atoms with Crippen LogP contribution in [0.5, 0.6) is 0 Å². The molecule has 0 radical (unpaired) electrons. The highest BCUT2D eigenvalue weighted by molar-refractivity contribution is 5.92. The normalized spacial score (nSPS) is 11.0. The highest BCUT2D eigenvalue weighted by Crippen LogP contribution is 2.26. The first kappa shape index (κ1) is 17.4. The largest absolute Gasteiger partial charge is 0.478 e. The van der Waals surface area contributed by atoms with Gasteiger partial charge in [0, 0.05) is 32.6 Å². The lowest BCUT2D eigenvalue weighted by Crippen LogP contribution is -2.03.